The van der Waals surface area contributed by atoms with E-state index in [1.54, 1.807) is 42.5 Å². The third kappa shape index (κ3) is 7.62. The predicted molar refractivity (Wildman–Crippen MR) is 114 cm³/mol. The lowest BCUT2D eigenvalue weighted by Gasteiger charge is -2.15. The van der Waals surface area contributed by atoms with Crippen LogP contribution in [0.1, 0.15) is 24.2 Å². The van der Waals surface area contributed by atoms with E-state index in [1.807, 2.05) is 13.8 Å². The normalized spacial score (nSPS) is 12.2. The number of amides is 1. The number of guanidine groups is 1. The van der Waals surface area contributed by atoms with Gasteiger partial charge in [-0.05, 0) is 38.1 Å². The van der Waals surface area contributed by atoms with E-state index in [-0.39, 0.29) is 17.8 Å². The van der Waals surface area contributed by atoms with Crippen molar-refractivity contribution >= 4 is 23.5 Å². The van der Waals surface area contributed by atoms with Gasteiger partial charge in [0.15, 0.2) is 17.5 Å². The van der Waals surface area contributed by atoms with Gasteiger partial charge in [0.05, 0.1) is 17.1 Å². The molecule has 0 bridgehead atoms. The van der Waals surface area contributed by atoms with Crippen molar-refractivity contribution in [1.82, 2.24) is 16.0 Å². The third-order valence-electron chi connectivity index (χ3n) is 3.84. The second-order valence-electron chi connectivity index (χ2n) is 6.24. The highest BCUT2D eigenvalue weighted by atomic mass is 35.5. The number of para-hydroxylation sites is 1. The summed E-state index contributed by atoms with van der Waals surface area (Å²) in [4.78, 5) is 16.6. The fourth-order valence-electron chi connectivity index (χ4n) is 2.45. The quantitative estimate of drug-likeness (QED) is 0.331. The topological polar surface area (TPSA) is 74.8 Å². The first-order chi connectivity index (χ1) is 14.0. The highest BCUT2D eigenvalue weighted by Gasteiger charge is 2.10. The van der Waals surface area contributed by atoms with Crippen molar-refractivity contribution in [3.8, 4) is 5.75 Å². The number of carbonyl (C=O) groups is 1. The first-order valence-corrected chi connectivity index (χ1v) is 9.85. The van der Waals surface area contributed by atoms with Crippen molar-refractivity contribution in [1.29, 1.82) is 0 Å². The summed E-state index contributed by atoms with van der Waals surface area (Å²) in [5, 5.41) is 9.47. The zero-order valence-corrected chi connectivity index (χ0v) is 17.3. The standard InChI is InChI=1S/C21H26ClFN4O2/c1-3-24-21(27-14-15(2)29-19-11-7-6-10-18(19)23)26-13-12-25-20(28)16-8-4-5-9-17(16)22/h4-11,15H,3,12-14H2,1-2H3,(H,25,28)(H2,24,26,27). The molecule has 0 saturated heterocycles. The molecule has 0 aliphatic rings. The Bertz CT molecular complexity index is 832. The van der Waals surface area contributed by atoms with E-state index in [9.17, 15) is 9.18 Å². The van der Waals surface area contributed by atoms with Gasteiger partial charge < -0.3 is 20.7 Å². The summed E-state index contributed by atoms with van der Waals surface area (Å²) >= 11 is 6.02. The van der Waals surface area contributed by atoms with E-state index >= 15 is 0 Å². The van der Waals surface area contributed by atoms with Crippen molar-refractivity contribution in [2.75, 3.05) is 26.2 Å². The maximum Gasteiger partial charge on any atom is 0.252 e. The van der Waals surface area contributed by atoms with Crippen LogP contribution >= 0.6 is 11.6 Å². The molecule has 1 unspecified atom stereocenters. The van der Waals surface area contributed by atoms with Gasteiger partial charge >= 0.3 is 0 Å². The lowest BCUT2D eigenvalue weighted by molar-refractivity contribution is 0.0954. The molecule has 0 spiro atoms. The summed E-state index contributed by atoms with van der Waals surface area (Å²) in [7, 11) is 0. The molecule has 1 amide bonds. The third-order valence-corrected chi connectivity index (χ3v) is 4.17. The van der Waals surface area contributed by atoms with Crippen molar-refractivity contribution in [3.63, 3.8) is 0 Å². The Morgan fingerprint density at radius 2 is 1.79 bits per heavy atom. The van der Waals surface area contributed by atoms with Crippen LogP contribution in [0, 0.1) is 5.82 Å². The number of hydrogen-bond acceptors (Lipinski definition) is 3. The van der Waals surface area contributed by atoms with Crippen LogP contribution in [0.2, 0.25) is 5.02 Å². The largest absolute Gasteiger partial charge is 0.486 e. The van der Waals surface area contributed by atoms with Gasteiger partial charge in [0.2, 0.25) is 0 Å². The van der Waals surface area contributed by atoms with Crippen molar-refractivity contribution in [3.05, 3.63) is 64.9 Å². The Morgan fingerprint density at radius 1 is 1.10 bits per heavy atom. The Morgan fingerprint density at radius 3 is 2.52 bits per heavy atom. The maximum atomic E-state index is 13.7. The Hall–Kier alpha value is -2.80. The summed E-state index contributed by atoms with van der Waals surface area (Å²) in [5.41, 5.74) is 0.439. The van der Waals surface area contributed by atoms with Gasteiger partial charge in [0, 0.05) is 19.6 Å². The van der Waals surface area contributed by atoms with Crippen molar-refractivity contribution < 1.29 is 13.9 Å². The SMILES string of the molecule is CCNC(=NCC(C)Oc1ccccc1F)NCCNC(=O)c1ccccc1Cl. The zero-order chi connectivity index (χ0) is 21.1. The first kappa shape index (κ1) is 22.5. The van der Waals surface area contributed by atoms with Gasteiger partial charge in [0.1, 0.15) is 6.10 Å². The van der Waals surface area contributed by atoms with E-state index in [0.717, 1.165) is 0 Å². The minimum Gasteiger partial charge on any atom is -0.486 e. The Balaban J connectivity index is 1.79. The number of halogens is 2. The second kappa shape index (κ2) is 11.9. The molecule has 2 rings (SSSR count). The lowest BCUT2D eigenvalue weighted by Crippen LogP contribution is -2.42. The fraction of sp³-hybridized carbons (Fsp3) is 0.333. The van der Waals surface area contributed by atoms with Crippen molar-refractivity contribution in [2.24, 2.45) is 4.99 Å². The molecule has 1 atom stereocenters. The van der Waals surface area contributed by atoms with E-state index in [4.69, 9.17) is 16.3 Å². The number of aliphatic imine (C=N–C) groups is 1. The predicted octanol–water partition coefficient (Wildman–Crippen LogP) is 3.23. The molecule has 0 saturated carbocycles. The Labute approximate surface area is 175 Å². The number of benzene rings is 2. The highest BCUT2D eigenvalue weighted by Crippen LogP contribution is 2.17. The highest BCUT2D eigenvalue weighted by molar-refractivity contribution is 6.33. The number of nitrogens with zero attached hydrogens (tertiary/aromatic N) is 1. The van der Waals surface area contributed by atoms with Gasteiger partial charge in [-0.2, -0.15) is 0 Å². The molecule has 0 aliphatic carbocycles. The minimum absolute atomic E-state index is 0.204. The van der Waals surface area contributed by atoms with E-state index in [0.29, 0.717) is 42.7 Å². The van der Waals surface area contributed by atoms with Crippen LogP contribution < -0.4 is 20.7 Å². The number of rotatable bonds is 9. The first-order valence-electron chi connectivity index (χ1n) is 9.47. The molecule has 0 aromatic heterocycles. The summed E-state index contributed by atoms with van der Waals surface area (Å²) in [5.74, 6) is 0.160. The molecule has 8 heteroatoms. The number of hydrogen-bond donors (Lipinski definition) is 3. The molecule has 0 radical (unpaired) electrons. The maximum absolute atomic E-state index is 13.7. The van der Waals surface area contributed by atoms with Gasteiger partial charge in [-0.15, -0.1) is 0 Å². The average Bonchev–Trinajstić information content (AvgIpc) is 2.71. The molecule has 3 N–H and O–H groups in total. The number of nitrogens with one attached hydrogen (secondary N) is 3. The van der Waals surface area contributed by atoms with Crippen LogP contribution in [0.25, 0.3) is 0 Å². The zero-order valence-electron chi connectivity index (χ0n) is 16.5. The minimum atomic E-state index is -0.400. The van der Waals surface area contributed by atoms with Crippen molar-refractivity contribution in [2.45, 2.75) is 20.0 Å². The summed E-state index contributed by atoms with van der Waals surface area (Å²) in [6.45, 7) is 5.68. The molecule has 0 aliphatic heterocycles. The van der Waals surface area contributed by atoms with Crippen LogP contribution in [0.5, 0.6) is 5.75 Å². The molecule has 0 fully saturated rings. The van der Waals surface area contributed by atoms with E-state index in [1.165, 1.54) is 6.07 Å². The Kier molecular flexibility index (Phi) is 9.24. The molecular formula is C21H26ClFN4O2. The van der Waals surface area contributed by atoms with Gasteiger partial charge in [0.25, 0.3) is 5.91 Å². The summed E-state index contributed by atoms with van der Waals surface area (Å²) in [6.07, 6.45) is -0.303. The molecule has 156 valence electrons. The molecule has 2 aromatic carbocycles. The summed E-state index contributed by atoms with van der Waals surface area (Å²) in [6, 6.07) is 13.2. The second-order valence-corrected chi connectivity index (χ2v) is 6.65. The molecule has 6 nitrogen and oxygen atoms in total. The van der Waals surface area contributed by atoms with E-state index in [2.05, 4.69) is 20.9 Å². The molecular weight excluding hydrogens is 395 g/mol. The molecule has 29 heavy (non-hydrogen) atoms. The van der Waals surface area contributed by atoms with Gasteiger partial charge in [-0.1, -0.05) is 35.9 Å². The monoisotopic (exact) mass is 420 g/mol. The molecule has 2 aromatic rings. The van der Waals surface area contributed by atoms with Crippen LogP contribution in [-0.4, -0.2) is 44.1 Å². The molecule has 0 heterocycles. The van der Waals surface area contributed by atoms with E-state index < -0.39 is 5.82 Å². The fourth-order valence-corrected chi connectivity index (χ4v) is 2.67. The van der Waals surface area contributed by atoms with Crippen LogP contribution in [0.15, 0.2) is 53.5 Å². The van der Waals surface area contributed by atoms with Crippen LogP contribution in [-0.2, 0) is 0 Å². The number of carbonyl (C=O) groups excluding carboxylic acids is 1. The summed E-state index contributed by atoms with van der Waals surface area (Å²) < 4.78 is 19.2. The number of ether oxygens (including phenoxy) is 1. The van der Waals surface area contributed by atoms with Gasteiger partial charge in [-0.25, -0.2) is 9.38 Å². The smallest absolute Gasteiger partial charge is 0.252 e. The average molecular weight is 421 g/mol. The lowest BCUT2D eigenvalue weighted by atomic mass is 10.2. The van der Waals surface area contributed by atoms with Crippen LogP contribution in [0.4, 0.5) is 4.39 Å². The van der Waals surface area contributed by atoms with Crippen LogP contribution in [0.3, 0.4) is 0 Å². The van der Waals surface area contributed by atoms with Gasteiger partial charge in [-0.3, -0.25) is 4.79 Å².